The molecule has 1 saturated carbocycles. The van der Waals surface area contributed by atoms with Crippen LogP contribution >= 0.6 is 0 Å². The maximum absolute atomic E-state index is 5.75. The molecular formula is C10H22N2. The number of nitrogens with zero attached hydrogens (tertiary/aromatic N) is 1. The van der Waals surface area contributed by atoms with Crippen LogP contribution in [0.1, 0.15) is 25.7 Å². The summed E-state index contributed by atoms with van der Waals surface area (Å²) in [4.78, 5) is 2.29. The van der Waals surface area contributed by atoms with Crippen molar-refractivity contribution >= 4 is 0 Å². The molecule has 2 heteroatoms. The van der Waals surface area contributed by atoms with Crippen LogP contribution in [0, 0.1) is 11.8 Å². The molecule has 12 heavy (non-hydrogen) atoms. The first-order valence-corrected chi connectivity index (χ1v) is 5.09. The van der Waals surface area contributed by atoms with Gasteiger partial charge in [-0.1, -0.05) is 12.8 Å². The zero-order chi connectivity index (χ0) is 8.97. The summed E-state index contributed by atoms with van der Waals surface area (Å²) in [5, 5.41) is 0. The van der Waals surface area contributed by atoms with Crippen LogP contribution in [0.5, 0.6) is 0 Å². The first kappa shape index (κ1) is 10.0. The van der Waals surface area contributed by atoms with E-state index in [1.54, 1.807) is 0 Å². The smallest absolute Gasteiger partial charge is 0.000668 e. The number of hydrogen-bond acceptors (Lipinski definition) is 2. The largest absolute Gasteiger partial charge is 0.330 e. The molecule has 0 aromatic heterocycles. The Labute approximate surface area is 76.1 Å². The molecule has 2 N–H and O–H groups in total. The number of hydrogen-bond donors (Lipinski definition) is 1. The second-order valence-electron chi connectivity index (χ2n) is 4.30. The highest BCUT2D eigenvalue weighted by Gasteiger charge is 2.23. The van der Waals surface area contributed by atoms with Crippen molar-refractivity contribution in [3.63, 3.8) is 0 Å². The van der Waals surface area contributed by atoms with E-state index in [1.807, 2.05) is 0 Å². The summed E-state index contributed by atoms with van der Waals surface area (Å²) in [7, 11) is 4.31. The van der Waals surface area contributed by atoms with Crippen LogP contribution in [0.4, 0.5) is 0 Å². The van der Waals surface area contributed by atoms with Crippen LogP contribution in [0.2, 0.25) is 0 Å². The van der Waals surface area contributed by atoms with Gasteiger partial charge in [0, 0.05) is 6.54 Å². The SMILES string of the molecule is CN(C)C[C@@H]1CCCC[C@@H]1CN. The maximum atomic E-state index is 5.75. The second-order valence-corrected chi connectivity index (χ2v) is 4.30. The topological polar surface area (TPSA) is 29.3 Å². The fourth-order valence-electron chi connectivity index (χ4n) is 2.30. The van der Waals surface area contributed by atoms with Crippen LogP contribution in [0.3, 0.4) is 0 Å². The van der Waals surface area contributed by atoms with E-state index in [-0.39, 0.29) is 0 Å². The zero-order valence-electron chi connectivity index (χ0n) is 8.42. The fraction of sp³-hybridized carbons (Fsp3) is 1.00. The molecule has 2 atom stereocenters. The van der Waals surface area contributed by atoms with Crippen LogP contribution in [-0.4, -0.2) is 32.1 Å². The highest BCUT2D eigenvalue weighted by molar-refractivity contribution is 4.77. The molecule has 0 unspecified atom stereocenters. The van der Waals surface area contributed by atoms with Crippen LogP contribution in [-0.2, 0) is 0 Å². The summed E-state index contributed by atoms with van der Waals surface area (Å²) < 4.78 is 0. The van der Waals surface area contributed by atoms with Crippen molar-refractivity contribution in [2.24, 2.45) is 17.6 Å². The minimum Gasteiger partial charge on any atom is -0.330 e. The van der Waals surface area contributed by atoms with Crippen molar-refractivity contribution < 1.29 is 0 Å². The normalized spacial score (nSPS) is 31.0. The predicted octanol–water partition coefficient (Wildman–Crippen LogP) is 1.31. The fourth-order valence-corrected chi connectivity index (χ4v) is 2.30. The van der Waals surface area contributed by atoms with Gasteiger partial charge in [0.25, 0.3) is 0 Å². The molecular weight excluding hydrogens is 148 g/mol. The van der Waals surface area contributed by atoms with Gasteiger partial charge in [-0.3, -0.25) is 0 Å². The Balaban J connectivity index is 2.36. The lowest BCUT2D eigenvalue weighted by molar-refractivity contribution is 0.190. The van der Waals surface area contributed by atoms with Gasteiger partial charge in [0.05, 0.1) is 0 Å². The Hall–Kier alpha value is -0.0800. The van der Waals surface area contributed by atoms with Gasteiger partial charge in [-0.25, -0.2) is 0 Å². The van der Waals surface area contributed by atoms with Gasteiger partial charge in [-0.2, -0.15) is 0 Å². The summed E-state index contributed by atoms with van der Waals surface area (Å²) >= 11 is 0. The standard InChI is InChI=1S/C10H22N2/c1-12(2)8-10-6-4-3-5-9(10)7-11/h9-10H,3-8,11H2,1-2H3/t9-,10+/m1/s1. The molecule has 0 saturated heterocycles. The van der Waals surface area contributed by atoms with Gasteiger partial charge < -0.3 is 10.6 Å². The van der Waals surface area contributed by atoms with Gasteiger partial charge in [0.1, 0.15) is 0 Å². The molecule has 0 aliphatic heterocycles. The summed E-state index contributed by atoms with van der Waals surface area (Å²) in [6.07, 6.45) is 5.55. The third-order valence-electron chi connectivity index (χ3n) is 2.97. The van der Waals surface area contributed by atoms with Crippen molar-refractivity contribution in [2.75, 3.05) is 27.2 Å². The van der Waals surface area contributed by atoms with E-state index in [0.717, 1.165) is 18.4 Å². The molecule has 0 heterocycles. The van der Waals surface area contributed by atoms with Crippen LogP contribution in [0.15, 0.2) is 0 Å². The lowest BCUT2D eigenvalue weighted by Crippen LogP contribution is -2.33. The minimum absolute atomic E-state index is 0.793. The molecule has 2 nitrogen and oxygen atoms in total. The van der Waals surface area contributed by atoms with E-state index in [4.69, 9.17) is 5.73 Å². The first-order chi connectivity index (χ1) is 5.74. The molecule has 0 bridgehead atoms. The van der Waals surface area contributed by atoms with Crippen molar-refractivity contribution in [1.82, 2.24) is 4.90 Å². The highest BCUT2D eigenvalue weighted by atomic mass is 15.1. The first-order valence-electron chi connectivity index (χ1n) is 5.09. The van der Waals surface area contributed by atoms with Gasteiger partial charge in [0.15, 0.2) is 0 Å². The summed E-state index contributed by atoms with van der Waals surface area (Å²) in [5.74, 6) is 1.65. The van der Waals surface area contributed by atoms with E-state index in [1.165, 1.54) is 32.2 Å². The molecule has 0 amide bonds. The molecule has 0 aromatic rings. The molecule has 1 aliphatic carbocycles. The number of nitrogens with two attached hydrogens (primary N) is 1. The Kier molecular flexibility index (Phi) is 4.02. The third-order valence-corrected chi connectivity index (χ3v) is 2.97. The molecule has 1 fully saturated rings. The van der Waals surface area contributed by atoms with E-state index >= 15 is 0 Å². The van der Waals surface area contributed by atoms with Crippen molar-refractivity contribution in [1.29, 1.82) is 0 Å². The van der Waals surface area contributed by atoms with Crippen molar-refractivity contribution in [2.45, 2.75) is 25.7 Å². The van der Waals surface area contributed by atoms with Gasteiger partial charge in [0.2, 0.25) is 0 Å². The van der Waals surface area contributed by atoms with Crippen molar-refractivity contribution in [3.8, 4) is 0 Å². The summed E-state index contributed by atoms with van der Waals surface area (Å²) in [6.45, 7) is 2.11. The third kappa shape index (κ3) is 2.76. The Morgan fingerprint density at radius 1 is 1.17 bits per heavy atom. The Morgan fingerprint density at radius 2 is 1.75 bits per heavy atom. The molecule has 72 valence electrons. The van der Waals surface area contributed by atoms with E-state index in [0.29, 0.717) is 0 Å². The van der Waals surface area contributed by atoms with E-state index in [9.17, 15) is 0 Å². The maximum Gasteiger partial charge on any atom is 0.000668 e. The van der Waals surface area contributed by atoms with Gasteiger partial charge in [-0.05, 0) is 45.3 Å². The van der Waals surface area contributed by atoms with E-state index in [2.05, 4.69) is 19.0 Å². The van der Waals surface area contributed by atoms with Gasteiger partial charge >= 0.3 is 0 Å². The molecule has 0 radical (unpaired) electrons. The van der Waals surface area contributed by atoms with E-state index < -0.39 is 0 Å². The highest BCUT2D eigenvalue weighted by Crippen LogP contribution is 2.29. The zero-order valence-corrected chi connectivity index (χ0v) is 8.42. The molecule has 1 aliphatic rings. The average Bonchev–Trinajstić information content (AvgIpc) is 2.04. The Bertz CT molecular complexity index is 123. The summed E-state index contributed by atoms with van der Waals surface area (Å²) in [6, 6.07) is 0. The average molecular weight is 170 g/mol. The molecule has 1 rings (SSSR count). The van der Waals surface area contributed by atoms with Crippen LogP contribution < -0.4 is 5.73 Å². The molecule has 0 spiro atoms. The quantitative estimate of drug-likeness (QED) is 0.692. The lowest BCUT2D eigenvalue weighted by Gasteiger charge is -2.32. The van der Waals surface area contributed by atoms with Crippen molar-refractivity contribution in [3.05, 3.63) is 0 Å². The lowest BCUT2D eigenvalue weighted by atomic mass is 9.79. The monoisotopic (exact) mass is 170 g/mol. The number of rotatable bonds is 3. The second kappa shape index (κ2) is 4.83. The molecule has 0 aromatic carbocycles. The predicted molar refractivity (Wildman–Crippen MR) is 53.1 cm³/mol. The van der Waals surface area contributed by atoms with Gasteiger partial charge in [-0.15, -0.1) is 0 Å². The van der Waals surface area contributed by atoms with Crippen LogP contribution in [0.25, 0.3) is 0 Å². The summed E-state index contributed by atoms with van der Waals surface area (Å²) in [5.41, 5.74) is 5.75. The Morgan fingerprint density at radius 3 is 2.25 bits per heavy atom. The minimum atomic E-state index is 0.793.